The molecular weight excluding hydrogens is 409 g/mol. The number of thiazole rings is 1. The Morgan fingerprint density at radius 1 is 1.03 bits per heavy atom. The molecule has 5 aromatic rings. The molecule has 0 aliphatic carbocycles. The van der Waals surface area contributed by atoms with Crippen molar-refractivity contribution >= 4 is 44.2 Å². The molecule has 0 saturated heterocycles. The van der Waals surface area contributed by atoms with Crippen LogP contribution in [0.5, 0.6) is 0 Å². The molecule has 0 atom stereocenters. The van der Waals surface area contributed by atoms with Gasteiger partial charge in [-0.2, -0.15) is 0 Å². The van der Waals surface area contributed by atoms with Gasteiger partial charge < -0.3 is 4.98 Å². The lowest BCUT2D eigenvalue weighted by atomic mass is 9.98. The number of aromatic nitrogens is 3. The monoisotopic (exact) mass is 421 g/mol. The molecule has 29 heavy (non-hydrogen) atoms. The minimum atomic E-state index is -0.325. The summed E-state index contributed by atoms with van der Waals surface area (Å²) in [6.07, 6.45) is 1.56. The summed E-state index contributed by atoms with van der Waals surface area (Å²) in [6, 6.07) is 13.2. The zero-order valence-electron chi connectivity index (χ0n) is 15.2. The van der Waals surface area contributed by atoms with E-state index in [2.05, 4.69) is 9.97 Å². The van der Waals surface area contributed by atoms with Crippen LogP contribution in [0, 0.1) is 12.7 Å². The number of rotatable bonds is 2. The van der Waals surface area contributed by atoms with Gasteiger partial charge in [-0.05, 0) is 55.0 Å². The molecule has 142 valence electrons. The van der Waals surface area contributed by atoms with Crippen molar-refractivity contribution in [3.63, 3.8) is 0 Å². The highest BCUT2D eigenvalue weighted by molar-refractivity contribution is 7.18. The lowest BCUT2D eigenvalue weighted by Gasteiger charge is -2.12. The quantitative estimate of drug-likeness (QED) is 0.382. The average molecular weight is 422 g/mol. The molecule has 0 fully saturated rings. The van der Waals surface area contributed by atoms with E-state index < -0.39 is 0 Å². The van der Waals surface area contributed by atoms with E-state index in [9.17, 15) is 9.18 Å². The molecule has 0 amide bonds. The molecule has 0 aliphatic heterocycles. The molecular formula is C22H13ClFN3OS. The molecule has 0 bridgehead atoms. The van der Waals surface area contributed by atoms with E-state index in [1.165, 1.54) is 18.2 Å². The fourth-order valence-electron chi connectivity index (χ4n) is 3.40. The smallest absolute Gasteiger partial charge is 0.191 e. The third-order valence-electron chi connectivity index (χ3n) is 4.73. The highest BCUT2D eigenvalue weighted by atomic mass is 35.5. The van der Waals surface area contributed by atoms with Gasteiger partial charge in [0, 0.05) is 23.4 Å². The maximum absolute atomic E-state index is 13.5. The maximum atomic E-state index is 13.5. The third-order valence-corrected chi connectivity index (χ3v) is 5.93. The summed E-state index contributed by atoms with van der Waals surface area (Å²) in [5.41, 5.74) is 4.05. The molecule has 0 spiro atoms. The summed E-state index contributed by atoms with van der Waals surface area (Å²) >= 11 is 8.05. The van der Waals surface area contributed by atoms with Gasteiger partial charge >= 0.3 is 0 Å². The van der Waals surface area contributed by atoms with Crippen LogP contribution in [0.4, 0.5) is 4.39 Å². The Morgan fingerprint density at radius 3 is 2.62 bits per heavy atom. The van der Waals surface area contributed by atoms with Crippen molar-refractivity contribution in [1.29, 1.82) is 0 Å². The summed E-state index contributed by atoms with van der Waals surface area (Å²) in [5, 5.41) is 1.94. The fraction of sp³-hybridized carbons (Fsp3) is 0.0455. The number of H-pyrrole nitrogens is 1. The molecule has 4 nitrogen and oxygen atoms in total. The Balaban J connectivity index is 1.86. The highest BCUT2D eigenvalue weighted by Crippen LogP contribution is 2.38. The minimum absolute atomic E-state index is 0.126. The van der Waals surface area contributed by atoms with E-state index in [1.807, 2.05) is 25.1 Å². The molecule has 3 aromatic heterocycles. The number of benzene rings is 2. The van der Waals surface area contributed by atoms with Crippen LogP contribution in [-0.4, -0.2) is 15.0 Å². The first-order valence-corrected chi connectivity index (χ1v) is 10.0. The fourth-order valence-corrected chi connectivity index (χ4v) is 4.61. The van der Waals surface area contributed by atoms with Crippen LogP contribution in [0.25, 0.3) is 43.6 Å². The normalized spacial score (nSPS) is 11.4. The van der Waals surface area contributed by atoms with Crippen molar-refractivity contribution in [1.82, 2.24) is 15.0 Å². The van der Waals surface area contributed by atoms with E-state index >= 15 is 0 Å². The number of aryl methyl sites for hydroxylation is 1. The number of fused-ring (bicyclic) bond motifs is 2. The van der Waals surface area contributed by atoms with Crippen LogP contribution in [0.2, 0.25) is 5.02 Å². The van der Waals surface area contributed by atoms with Crippen LogP contribution >= 0.6 is 22.9 Å². The highest BCUT2D eigenvalue weighted by Gasteiger charge is 2.16. The zero-order valence-corrected chi connectivity index (χ0v) is 16.7. The van der Waals surface area contributed by atoms with Crippen molar-refractivity contribution in [3.8, 4) is 22.4 Å². The first-order chi connectivity index (χ1) is 14.0. The van der Waals surface area contributed by atoms with Gasteiger partial charge in [-0.25, -0.2) is 14.4 Å². The second-order valence-corrected chi connectivity index (χ2v) is 8.31. The predicted octanol–water partition coefficient (Wildman–Crippen LogP) is 5.97. The third kappa shape index (κ3) is 3.10. The molecule has 7 heteroatoms. The lowest BCUT2D eigenvalue weighted by molar-refractivity contribution is 0.628. The molecule has 3 heterocycles. The molecule has 5 rings (SSSR count). The van der Waals surface area contributed by atoms with Crippen LogP contribution in [0.3, 0.4) is 0 Å². The van der Waals surface area contributed by atoms with Gasteiger partial charge in [0.2, 0.25) is 0 Å². The summed E-state index contributed by atoms with van der Waals surface area (Å²) < 4.78 is 14.4. The molecule has 0 saturated carbocycles. The van der Waals surface area contributed by atoms with E-state index in [1.54, 1.807) is 29.7 Å². The zero-order chi connectivity index (χ0) is 20.1. The summed E-state index contributed by atoms with van der Waals surface area (Å²) in [6.45, 7) is 1.93. The Kier molecular flexibility index (Phi) is 4.19. The van der Waals surface area contributed by atoms with Crippen LogP contribution < -0.4 is 5.43 Å². The van der Waals surface area contributed by atoms with Gasteiger partial charge in [0.1, 0.15) is 17.0 Å². The van der Waals surface area contributed by atoms with Crippen LogP contribution in [-0.2, 0) is 0 Å². The number of aromatic amines is 1. The SMILES string of the molecule is Cc1nc2c(Cl)cc(-c3cc4c(=O)cc[nH]c4nc3-c3ccc(F)cc3)cc2s1. The Labute approximate surface area is 173 Å². The Hall–Kier alpha value is -3.09. The van der Waals surface area contributed by atoms with Gasteiger partial charge in [0.15, 0.2) is 5.43 Å². The van der Waals surface area contributed by atoms with Gasteiger partial charge in [0.25, 0.3) is 0 Å². The topological polar surface area (TPSA) is 58.6 Å². The molecule has 0 radical (unpaired) electrons. The number of nitrogens with zero attached hydrogens (tertiary/aromatic N) is 2. The largest absolute Gasteiger partial charge is 0.346 e. The predicted molar refractivity (Wildman–Crippen MR) is 116 cm³/mol. The maximum Gasteiger partial charge on any atom is 0.191 e. The van der Waals surface area contributed by atoms with Crippen LogP contribution in [0.1, 0.15) is 5.01 Å². The summed E-state index contributed by atoms with van der Waals surface area (Å²) in [4.78, 5) is 24.6. The minimum Gasteiger partial charge on any atom is -0.346 e. The van der Waals surface area contributed by atoms with Crippen molar-refractivity contribution in [2.24, 2.45) is 0 Å². The lowest BCUT2D eigenvalue weighted by Crippen LogP contribution is -2.03. The van der Waals surface area contributed by atoms with Crippen molar-refractivity contribution < 1.29 is 4.39 Å². The van der Waals surface area contributed by atoms with E-state index in [0.29, 0.717) is 21.7 Å². The van der Waals surface area contributed by atoms with Crippen LogP contribution in [0.15, 0.2) is 59.5 Å². The first-order valence-electron chi connectivity index (χ1n) is 8.85. The average Bonchev–Trinajstić information content (AvgIpc) is 3.09. The van der Waals surface area contributed by atoms with Crippen molar-refractivity contribution in [2.45, 2.75) is 6.92 Å². The molecule has 0 aliphatic rings. The number of nitrogens with one attached hydrogen (secondary N) is 1. The summed E-state index contributed by atoms with van der Waals surface area (Å²) in [7, 11) is 0. The van der Waals surface area contributed by atoms with E-state index in [0.717, 1.165) is 31.9 Å². The van der Waals surface area contributed by atoms with Gasteiger partial charge in [-0.1, -0.05) is 11.6 Å². The van der Waals surface area contributed by atoms with Crippen molar-refractivity contribution in [3.05, 3.63) is 80.8 Å². The Bertz CT molecular complexity index is 1460. The second kappa shape index (κ2) is 6.76. The van der Waals surface area contributed by atoms with E-state index in [4.69, 9.17) is 16.6 Å². The molecule has 2 aromatic carbocycles. The van der Waals surface area contributed by atoms with Gasteiger partial charge in [-0.3, -0.25) is 4.79 Å². The number of hydrogen-bond acceptors (Lipinski definition) is 4. The molecule has 1 N–H and O–H groups in total. The summed E-state index contributed by atoms with van der Waals surface area (Å²) in [5.74, 6) is -0.325. The molecule has 0 unspecified atom stereocenters. The van der Waals surface area contributed by atoms with Crippen molar-refractivity contribution in [2.75, 3.05) is 0 Å². The Morgan fingerprint density at radius 2 is 1.83 bits per heavy atom. The number of pyridine rings is 2. The number of halogens is 2. The number of hydrogen-bond donors (Lipinski definition) is 1. The van der Waals surface area contributed by atoms with Gasteiger partial charge in [-0.15, -0.1) is 11.3 Å². The van der Waals surface area contributed by atoms with Gasteiger partial charge in [0.05, 0.1) is 25.8 Å². The first kappa shape index (κ1) is 18.0. The second-order valence-electron chi connectivity index (χ2n) is 6.67. The van der Waals surface area contributed by atoms with E-state index in [-0.39, 0.29) is 11.2 Å². The standard InChI is InChI=1S/C22H13ClFN3OS/c1-11-26-21-17(23)8-13(9-19(21)29-11)15-10-16-18(28)6-7-25-22(16)27-20(15)12-2-4-14(24)5-3-12/h2-10H,1H3,(H,25,27,28).